The topological polar surface area (TPSA) is 0 Å². The molecule has 0 radical (unpaired) electrons. The van der Waals surface area contributed by atoms with Gasteiger partial charge >= 0.3 is 21.7 Å². The van der Waals surface area contributed by atoms with Crippen LogP contribution in [0.5, 0.6) is 0 Å². The van der Waals surface area contributed by atoms with Crippen LogP contribution in [0.4, 0.5) is 0 Å². The third-order valence-corrected chi connectivity index (χ3v) is 13.7. The molecule has 0 aliphatic heterocycles. The van der Waals surface area contributed by atoms with Crippen LogP contribution in [-0.4, -0.2) is 8.07 Å². The summed E-state index contributed by atoms with van der Waals surface area (Å²) in [7, 11) is -2.62. The molecule has 0 atom stereocenters. The molecule has 0 aliphatic rings. The minimum absolute atomic E-state index is 0. The summed E-state index contributed by atoms with van der Waals surface area (Å²) in [6, 6.07) is 27.5. The van der Waals surface area contributed by atoms with Crippen molar-refractivity contribution in [2.24, 2.45) is 0 Å². The maximum atomic E-state index is 2.58. The van der Waals surface area contributed by atoms with Gasteiger partial charge in [-0.05, 0) is 71.9 Å². The van der Waals surface area contributed by atoms with Gasteiger partial charge in [0.05, 0.1) is 0 Å². The third kappa shape index (κ3) is 7.90. The summed E-state index contributed by atoms with van der Waals surface area (Å²) in [5.41, 5.74) is 11.6. The van der Waals surface area contributed by atoms with Gasteiger partial charge in [-0.3, -0.25) is 0 Å². The van der Waals surface area contributed by atoms with Crippen LogP contribution in [0.15, 0.2) is 66.7 Å². The number of benzene rings is 3. The number of hydrogen-bond donors (Lipinski definition) is 0. The summed E-state index contributed by atoms with van der Waals surface area (Å²) in [6.07, 6.45) is 6.39. The predicted octanol–water partition coefficient (Wildman–Crippen LogP) is -2.22. The fourth-order valence-corrected chi connectivity index (χ4v) is 12.0. The molecule has 0 bridgehead atoms. The van der Waals surface area contributed by atoms with Crippen LogP contribution in [0.3, 0.4) is 0 Å². The molecule has 0 nitrogen and oxygen atoms in total. The Morgan fingerprint density at radius 1 is 0.429 bits per heavy atom. The number of halogens is 3. The zero-order chi connectivity index (χ0) is 27.4. The fourth-order valence-electron chi connectivity index (χ4n) is 6.41. The molecule has 0 saturated carbocycles. The standard InChI is InChI=1S/C37H47Si.3ClH.Ti/c1-9-28-17-29(10-2)21-34(20-28)38(37-26(7)15-16-27(37)8,35-22-30(11-3)18-31(12-4)23-35)36-24-32(13-5)19-33(14-6)25-36;;;;/h15-25H,9-14H2,1-8H3;3*1H;/q-1;;;;+4/p-3. The quantitative estimate of drug-likeness (QED) is 0.102. The van der Waals surface area contributed by atoms with E-state index in [2.05, 4.69) is 122 Å². The van der Waals surface area contributed by atoms with E-state index in [1.54, 1.807) is 20.7 Å². The van der Waals surface area contributed by atoms with E-state index in [1.807, 2.05) is 0 Å². The summed E-state index contributed by atoms with van der Waals surface area (Å²) in [5, 5.41) is 6.25. The Morgan fingerprint density at radius 2 is 0.643 bits per heavy atom. The molecule has 0 aromatic heterocycles. The molecular weight excluding hydrogens is 627 g/mol. The molecule has 0 N–H and O–H groups in total. The van der Waals surface area contributed by atoms with Gasteiger partial charge < -0.3 is 37.2 Å². The summed E-state index contributed by atoms with van der Waals surface area (Å²) < 4.78 is 0. The maximum absolute atomic E-state index is 2.62. The van der Waals surface area contributed by atoms with Gasteiger partial charge in [0.15, 0.2) is 0 Å². The molecule has 5 heteroatoms. The predicted molar refractivity (Wildman–Crippen MR) is 171 cm³/mol. The van der Waals surface area contributed by atoms with Crippen molar-refractivity contribution in [2.45, 2.75) is 93.9 Å². The molecule has 0 heterocycles. The molecule has 4 aromatic carbocycles. The van der Waals surface area contributed by atoms with E-state index in [9.17, 15) is 0 Å². The van der Waals surface area contributed by atoms with Crippen LogP contribution < -0.4 is 58.0 Å². The summed E-state index contributed by atoms with van der Waals surface area (Å²) in [4.78, 5) is 0. The largest absolute Gasteiger partial charge is 4.00 e. The molecule has 224 valence electrons. The van der Waals surface area contributed by atoms with Gasteiger partial charge in [0, 0.05) is 0 Å². The SMILES string of the molecule is CCc1cc(CC)cc([Si](c2cc(CC)cc(CC)c2)(c2cc(CC)cc(CC)c2)[c-]2c(C)ccc2C)c1.[Cl-].[Cl-].[Cl-].[Ti+4]. The van der Waals surface area contributed by atoms with E-state index in [0.717, 1.165) is 38.5 Å². The van der Waals surface area contributed by atoms with Crippen LogP contribution in [0.2, 0.25) is 0 Å². The second kappa shape index (κ2) is 17.9. The first-order valence-corrected chi connectivity index (χ1v) is 17.0. The Labute approximate surface area is 291 Å². The van der Waals surface area contributed by atoms with Crippen molar-refractivity contribution in [3.8, 4) is 0 Å². The van der Waals surface area contributed by atoms with Crippen molar-refractivity contribution in [2.75, 3.05) is 0 Å². The monoisotopic (exact) mass is 672 g/mol. The smallest absolute Gasteiger partial charge is 1.00 e. The normalized spacial score (nSPS) is 10.7. The average Bonchev–Trinajstić information content (AvgIpc) is 3.30. The summed E-state index contributed by atoms with van der Waals surface area (Å²) >= 11 is 0. The molecule has 4 rings (SSSR count). The van der Waals surface area contributed by atoms with E-state index in [1.165, 1.54) is 44.5 Å². The zero-order valence-corrected chi connectivity index (χ0v) is 31.6. The number of rotatable bonds is 10. The van der Waals surface area contributed by atoms with Crippen molar-refractivity contribution >= 4 is 28.8 Å². The average molecular weight is 674 g/mol. The number of hydrogen-bond acceptors (Lipinski definition) is 0. The first-order valence-electron chi connectivity index (χ1n) is 15.0. The van der Waals surface area contributed by atoms with E-state index in [-0.39, 0.29) is 58.9 Å². The molecule has 0 aliphatic carbocycles. The van der Waals surface area contributed by atoms with Crippen molar-refractivity contribution in [3.63, 3.8) is 0 Å². The molecular formula is C37H47Cl3SiTi. The molecule has 4 aromatic rings. The Bertz CT molecular complexity index is 1200. The van der Waals surface area contributed by atoms with Crippen molar-refractivity contribution < 1.29 is 58.9 Å². The first-order chi connectivity index (χ1) is 18.3. The van der Waals surface area contributed by atoms with Gasteiger partial charge in [-0.15, -0.1) is 5.19 Å². The first kappa shape index (κ1) is 40.8. The van der Waals surface area contributed by atoms with Crippen LogP contribution >= 0.6 is 0 Å². The minimum atomic E-state index is -2.62. The van der Waals surface area contributed by atoms with Gasteiger partial charge in [-0.25, -0.2) is 12.1 Å². The van der Waals surface area contributed by atoms with Crippen molar-refractivity contribution in [1.82, 2.24) is 0 Å². The Kier molecular flexibility index (Phi) is 17.4. The minimum Gasteiger partial charge on any atom is -1.00 e. The molecule has 0 amide bonds. The molecule has 0 saturated heterocycles. The zero-order valence-electron chi connectivity index (χ0n) is 26.7. The maximum Gasteiger partial charge on any atom is 4.00 e. The van der Waals surface area contributed by atoms with Gasteiger partial charge in [0.25, 0.3) is 0 Å². The van der Waals surface area contributed by atoms with E-state index >= 15 is 0 Å². The summed E-state index contributed by atoms with van der Waals surface area (Å²) in [5.74, 6) is 0. The molecule has 0 spiro atoms. The van der Waals surface area contributed by atoms with Crippen LogP contribution in [0, 0.1) is 13.8 Å². The van der Waals surface area contributed by atoms with Crippen LogP contribution in [0.1, 0.15) is 86.1 Å². The van der Waals surface area contributed by atoms with Gasteiger partial charge in [-0.2, -0.15) is 11.1 Å². The van der Waals surface area contributed by atoms with E-state index in [4.69, 9.17) is 0 Å². The second-order valence-corrected chi connectivity index (χ2v) is 14.8. The summed E-state index contributed by atoms with van der Waals surface area (Å²) in [6.45, 7) is 18.5. The van der Waals surface area contributed by atoms with E-state index in [0.29, 0.717) is 0 Å². The number of aryl methyl sites for hydroxylation is 8. The van der Waals surface area contributed by atoms with Gasteiger partial charge in [-0.1, -0.05) is 126 Å². The van der Waals surface area contributed by atoms with Gasteiger partial charge in [0.2, 0.25) is 0 Å². The fraction of sp³-hybridized carbons (Fsp3) is 0.378. The molecule has 0 fully saturated rings. The third-order valence-electron chi connectivity index (χ3n) is 8.65. The van der Waals surface area contributed by atoms with Crippen molar-refractivity contribution in [1.29, 1.82) is 0 Å². The Morgan fingerprint density at radius 3 is 0.833 bits per heavy atom. The van der Waals surface area contributed by atoms with Crippen molar-refractivity contribution in [3.05, 3.63) is 111 Å². The van der Waals surface area contributed by atoms with Crippen LogP contribution in [-0.2, 0) is 60.2 Å². The molecule has 42 heavy (non-hydrogen) atoms. The van der Waals surface area contributed by atoms with Gasteiger partial charge in [0.1, 0.15) is 8.07 Å². The van der Waals surface area contributed by atoms with Crippen LogP contribution in [0.25, 0.3) is 0 Å². The Balaban J connectivity index is 0.00000420. The molecule has 0 unspecified atom stereocenters. The Hall–Kier alpha value is -1.19. The second-order valence-electron chi connectivity index (χ2n) is 11.1. The van der Waals surface area contributed by atoms with E-state index < -0.39 is 8.07 Å².